The van der Waals surface area contributed by atoms with E-state index in [0.717, 1.165) is 21.9 Å². The van der Waals surface area contributed by atoms with Gasteiger partial charge in [0, 0.05) is 33.7 Å². The molecule has 0 unspecified atom stereocenters. The van der Waals surface area contributed by atoms with Gasteiger partial charge in [0.15, 0.2) is 0 Å². The van der Waals surface area contributed by atoms with Gasteiger partial charge in [0.2, 0.25) is 0 Å². The first-order chi connectivity index (χ1) is 24.9. The van der Waals surface area contributed by atoms with Gasteiger partial charge >= 0.3 is 6.18 Å². The van der Waals surface area contributed by atoms with Gasteiger partial charge in [-0.15, -0.1) is 0 Å². The molecule has 0 aliphatic rings. The number of halogens is 6. The second-order valence-electron chi connectivity index (χ2n) is 15.8. The van der Waals surface area contributed by atoms with Crippen molar-refractivity contribution in [1.29, 1.82) is 0 Å². The molecule has 2 aromatic heterocycles. The van der Waals surface area contributed by atoms with E-state index in [1.54, 1.807) is 33.4 Å². The van der Waals surface area contributed by atoms with E-state index in [-0.39, 0.29) is 27.8 Å². The van der Waals surface area contributed by atoms with Crippen LogP contribution in [-0.4, -0.2) is 9.13 Å². The fourth-order valence-electron chi connectivity index (χ4n) is 7.61. The van der Waals surface area contributed by atoms with Crippen LogP contribution in [-0.2, 0) is 17.0 Å². The van der Waals surface area contributed by atoms with Crippen LogP contribution in [0.3, 0.4) is 0 Å². The van der Waals surface area contributed by atoms with E-state index in [0.29, 0.717) is 45.0 Å². The number of nitrogens with zero attached hydrogens (tertiary/aromatic N) is 2. The molecule has 0 amide bonds. The van der Waals surface area contributed by atoms with Crippen LogP contribution in [0, 0.1) is 17.5 Å². The van der Waals surface area contributed by atoms with Gasteiger partial charge in [-0.1, -0.05) is 102 Å². The van der Waals surface area contributed by atoms with Crippen LogP contribution in [0.2, 0.25) is 0 Å². The third-order valence-corrected chi connectivity index (χ3v) is 10.2. The topological polar surface area (TPSA) is 9.86 Å². The molecule has 0 aliphatic heterocycles. The van der Waals surface area contributed by atoms with Gasteiger partial charge in [0.25, 0.3) is 0 Å². The minimum Gasteiger partial charge on any atom is -0.309 e. The molecule has 53 heavy (non-hydrogen) atoms. The van der Waals surface area contributed by atoms with Crippen LogP contribution in [0.15, 0.2) is 109 Å². The predicted molar refractivity (Wildman–Crippen MR) is 203 cm³/mol. The molecule has 0 radical (unpaired) electrons. The van der Waals surface area contributed by atoms with Gasteiger partial charge in [-0.25, -0.2) is 13.2 Å². The molecule has 2 nitrogen and oxygen atoms in total. The summed E-state index contributed by atoms with van der Waals surface area (Å²) in [5.41, 5.74) is 0.658. The number of hydrogen-bond acceptors (Lipinski definition) is 0. The van der Waals surface area contributed by atoms with Crippen molar-refractivity contribution in [1.82, 2.24) is 9.13 Å². The van der Waals surface area contributed by atoms with Crippen LogP contribution >= 0.6 is 0 Å². The number of hydrogen-bond donors (Lipinski definition) is 0. The Morgan fingerprint density at radius 2 is 0.849 bits per heavy atom. The molecule has 0 atom stereocenters. The van der Waals surface area contributed by atoms with Gasteiger partial charge in [-0.05, 0) is 63.9 Å². The Labute approximate surface area is 302 Å². The summed E-state index contributed by atoms with van der Waals surface area (Å²) in [6.45, 7) is 12.1. The largest absolute Gasteiger partial charge is 0.420 e. The van der Waals surface area contributed by atoms with Crippen molar-refractivity contribution >= 4 is 43.6 Å². The standard InChI is InChI=1S/C45H36F6N2/c1-43(2,3)26-15-17-31-29-11-7-9-13-35(29)52(37(31)21-26)39-19-25(41-33(47)23-28(46)24-34(41)48)20-40(42(39)45(49,50)51)53-36-14-10-8-12-30(36)32-18-16-27(22-38(32)53)44(4,5)6/h7-24H,1-6H3. The first-order valence-electron chi connectivity index (χ1n) is 17.4. The molecule has 0 spiro atoms. The SMILES string of the molecule is CC(C)(C)c1ccc2c3ccccc3n(-c3cc(-c4c(F)cc(F)cc4F)cc(-n4c5ccccc5c5ccc(C(C)(C)C)cc54)c3C(F)(F)F)c2c1. The van der Waals surface area contributed by atoms with E-state index in [1.165, 1.54) is 12.1 Å². The zero-order valence-corrected chi connectivity index (χ0v) is 30.1. The number of aromatic nitrogens is 2. The quantitative estimate of drug-likeness (QED) is 0.161. The van der Waals surface area contributed by atoms with Crippen molar-refractivity contribution < 1.29 is 26.3 Å². The maximum atomic E-state index is 16.2. The summed E-state index contributed by atoms with van der Waals surface area (Å²) in [5.74, 6) is -3.59. The zero-order valence-electron chi connectivity index (χ0n) is 30.1. The third-order valence-electron chi connectivity index (χ3n) is 10.2. The molecule has 8 aromatic rings. The Morgan fingerprint density at radius 1 is 0.453 bits per heavy atom. The molecular formula is C45H36F6N2. The van der Waals surface area contributed by atoms with Crippen molar-refractivity contribution in [2.45, 2.75) is 58.5 Å². The average Bonchev–Trinajstić information content (AvgIpc) is 3.58. The number of fused-ring (bicyclic) bond motifs is 6. The van der Waals surface area contributed by atoms with Crippen LogP contribution < -0.4 is 0 Å². The summed E-state index contributed by atoms with van der Waals surface area (Å²) in [5, 5.41) is 2.88. The molecular weight excluding hydrogens is 682 g/mol. The summed E-state index contributed by atoms with van der Waals surface area (Å²) in [6, 6.07) is 29.3. The van der Waals surface area contributed by atoms with E-state index in [4.69, 9.17) is 0 Å². The molecule has 0 fully saturated rings. The normalized spacial score (nSPS) is 12.9. The molecule has 8 heteroatoms. The number of alkyl halides is 3. The lowest BCUT2D eigenvalue weighted by molar-refractivity contribution is -0.137. The minimum atomic E-state index is -4.96. The summed E-state index contributed by atoms with van der Waals surface area (Å²) in [7, 11) is 0. The smallest absolute Gasteiger partial charge is 0.309 e. The van der Waals surface area contributed by atoms with Crippen molar-refractivity contribution in [3.8, 4) is 22.5 Å². The Hall–Kier alpha value is -5.50. The van der Waals surface area contributed by atoms with Crippen LogP contribution in [0.4, 0.5) is 26.3 Å². The van der Waals surface area contributed by atoms with Crippen LogP contribution in [0.5, 0.6) is 0 Å². The number of rotatable bonds is 3. The summed E-state index contributed by atoms with van der Waals surface area (Å²) < 4.78 is 97.3. The van der Waals surface area contributed by atoms with E-state index in [2.05, 4.69) is 0 Å². The highest BCUT2D eigenvalue weighted by Gasteiger charge is 2.40. The highest BCUT2D eigenvalue weighted by atomic mass is 19.4. The number of para-hydroxylation sites is 2. The molecule has 0 bridgehead atoms. The number of benzene rings is 6. The lowest BCUT2D eigenvalue weighted by Crippen LogP contribution is -2.17. The first kappa shape index (κ1) is 34.6. The minimum absolute atomic E-state index is 0.172. The first-order valence-corrected chi connectivity index (χ1v) is 17.4. The van der Waals surface area contributed by atoms with Gasteiger partial charge < -0.3 is 9.13 Å². The van der Waals surface area contributed by atoms with Gasteiger partial charge in [0.1, 0.15) is 23.0 Å². The van der Waals surface area contributed by atoms with E-state index in [1.807, 2.05) is 102 Å². The highest BCUT2D eigenvalue weighted by Crippen LogP contribution is 2.47. The molecule has 8 rings (SSSR count). The lowest BCUT2D eigenvalue weighted by atomic mass is 9.86. The summed E-state index contributed by atoms with van der Waals surface area (Å²) in [4.78, 5) is 0. The Morgan fingerprint density at radius 3 is 1.25 bits per heavy atom. The molecule has 0 aliphatic carbocycles. The van der Waals surface area contributed by atoms with Gasteiger partial charge in [0.05, 0.1) is 39.0 Å². The monoisotopic (exact) mass is 718 g/mol. The Bertz CT molecular complexity index is 2590. The van der Waals surface area contributed by atoms with E-state index < -0.39 is 34.8 Å². The molecule has 0 saturated heterocycles. The third kappa shape index (κ3) is 5.58. The second-order valence-corrected chi connectivity index (χ2v) is 15.8. The van der Waals surface area contributed by atoms with Crippen molar-refractivity contribution in [2.24, 2.45) is 0 Å². The molecule has 0 N–H and O–H groups in total. The zero-order chi connectivity index (χ0) is 37.8. The Kier molecular flexibility index (Phi) is 7.67. The summed E-state index contributed by atoms with van der Waals surface area (Å²) >= 11 is 0. The fourth-order valence-corrected chi connectivity index (χ4v) is 7.61. The molecule has 0 saturated carbocycles. The predicted octanol–water partition coefficient (Wildman–Crippen LogP) is 13.6. The fraction of sp³-hybridized carbons (Fsp3) is 0.200. The molecule has 6 aromatic carbocycles. The van der Waals surface area contributed by atoms with E-state index >= 15 is 22.0 Å². The maximum Gasteiger partial charge on any atom is 0.420 e. The van der Waals surface area contributed by atoms with Gasteiger partial charge in [-0.3, -0.25) is 0 Å². The van der Waals surface area contributed by atoms with E-state index in [9.17, 15) is 4.39 Å². The van der Waals surface area contributed by atoms with Crippen molar-refractivity contribution in [2.75, 3.05) is 0 Å². The summed E-state index contributed by atoms with van der Waals surface area (Å²) in [6.07, 6.45) is -4.96. The van der Waals surface area contributed by atoms with Crippen LogP contribution in [0.25, 0.3) is 66.1 Å². The second kappa shape index (κ2) is 11.8. The highest BCUT2D eigenvalue weighted by molar-refractivity contribution is 6.11. The Balaban J connectivity index is 1.63. The average molecular weight is 719 g/mol. The van der Waals surface area contributed by atoms with Crippen molar-refractivity contribution in [3.05, 3.63) is 143 Å². The maximum absolute atomic E-state index is 16.2. The van der Waals surface area contributed by atoms with Gasteiger partial charge in [-0.2, -0.15) is 13.2 Å². The van der Waals surface area contributed by atoms with Crippen LogP contribution in [0.1, 0.15) is 58.2 Å². The molecule has 2 heterocycles. The lowest BCUT2D eigenvalue weighted by Gasteiger charge is -2.24. The van der Waals surface area contributed by atoms with Crippen molar-refractivity contribution in [3.63, 3.8) is 0 Å². The molecule has 268 valence electrons.